The summed E-state index contributed by atoms with van der Waals surface area (Å²) >= 11 is 0. The summed E-state index contributed by atoms with van der Waals surface area (Å²) in [5, 5.41) is 0. The summed E-state index contributed by atoms with van der Waals surface area (Å²) < 4.78 is 0. The van der Waals surface area contributed by atoms with E-state index in [1.807, 2.05) is 18.5 Å². The first-order valence-corrected chi connectivity index (χ1v) is 12.6. The predicted molar refractivity (Wildman–Crippen MR) is 143 cm³/mol. The van der Waals surface area contributed by atoms with Crippen LogP contribution in [0.15, 0.2) is 73.1 Å². The second kappa shape index (κ2) is 11.8. The molecule has 0 bridgehead atoms. The third-order valence-corrected chi connectivity index (χ3v) is 7.21. The SMILES string of the molecule is C[C@H](CCc1cc(C(N)=O)ccc1C(N)=O)N1CCC(N(Cc2cccnc2)c2ccccc2)CC1. The minimum atomic E-state index is -0.503. The number of pyridine rings is 1. The fraction of sp³-hybridized carbons (Fsp3) is 0.345. The van der Waals surface area contributed by atoms with Gasteiger partial charge in [-0.15, -0.1) is 0 Å². The van der Waals surface area contributed by atoms with Crippen LogP contribution in [-0.4, -0.2) is 46.9 Å². The van der Waals surface area contributed by atoms with Gasteiger partial charge in [0.1, 0.15) is 0 Å². The van der Waals surface area contributed by atoms with Crippen molar-refractivity contribution in [2.45, 2.75) is 51.2 Å². The number of rotatable bonds is 10. The van der Waals surface area contributed by atoms with Crippen molar-refractivity contribution in [3.63, 3.8) is 0 Å². The number of nitrogens with two attached hydrogens (primary N) is 2. The molecule has 0 spiro atoms. The zero-order chi connectivity index (χ0) is 25.5. The number of aromatic nitrogens is 1. The number of nitrogens with zero attached hydrogens (tertiary/aromatic N) is 3. The van der Waals surface area contributed by atoms with Crippen LogP contribution in [0.1, 0.15) is 58.0 Å². The van der Waals surface area contributed by atoms with Crippen LogP contribution in [0.5, 0.6) is 0 Å². The van der Waals surface area contributed by atoms with Gasteiger partial charge >= 0.3 is 0 Å². The normalized spacial score (nSPS) is 15.4. The van der Waals surface area contributed by atoms with Crippen LogP contribution >= 0.6 is 0 Å². The van der Waals surface area contributed by atoms with Gasteiger partial charge in [-0.05, 0) is 80.1 Å². The van der Waals surface area contributed by atoms with Gasteiger partial charge in [0, 0.05) is 60.9 Å². The maximum absolute atomic E-state index is 11.9. The van der Waals surface area contributed by atoms with Crippen molar-refractivity contribution in [1.82, 2.24) is 9.88 Å². The molecule has 1 aromatic heterocycles. The molecule has 2 aromatic carbocycles. The Morgan fingerprint density at radius 1 is 1.03 bits per heavy atom. The lowest BCUT2D eigenvalue weighted by Crippen LogP contribution is -2.47. The molecule has 0 unspecified atom stereocenters. The molecule has 1 aliphatic rings. The number of carbonyl (C=O) groups is 2. The summed E-state index contributed by atoms with van der Waals surface area (Å²) in [7, 11) is 0. The molecule has 4 N–H and O–H groups in total. The van der Waals surface area contributed by atoms with Crippen LogP contribution in [0.25, 0.3) is 0 Å². The van der Waals surface area contributed by atoms with E-state index >= 15 is 0 Å². The van der Waals surface area contributed by atoms with E-state index in [1.165, 1.54) is 11.3 Å². The molecule has 0 radical (unpaired) electrons. The van der Waals surface area contributed by atoms with Gasteiger partial charge in [0.15, 0.2) is 0 Å². The van der Waals surface area contributed by atoms with Crippen LogP contribution in [0.2, 0.25) is 0 Å². The first kappa shape index (κ1) is 25.4. The lowest BCUT2D eigenvalue weighted by atomic mass is 9.95. The van der Waals surface area contributed by atoms with Gasteiger partial charge in [-0.1, -0.05) is 24.3 Å². The van der Waals surface area contributed by atoms with E-state index in [0.717, 1.165) is 44.5 Å². The van der Waals surface area contributed by atoms with E-state index < -0.39 is 11.8 Å². The average molecular weight is 486 g/mol. The van der Waals surface area contributed by atoms with Crippen molar-refractivity contribution in [3.05, 3.63) is 95.3 Å². The number of piperidine rings is 1. The monoisotopic (exact) mass is 485 g/mol. The largest absolute Gasteiger partial charge is 0.366 e. The second-order valence-electron chi connectivity index (χ2n) is 9.58. The molecule has 0 aliphatic carbocycles. The van der Waals surface area contributed by atoms with E-state index in [-0.39, 0.29) is 0 Å². The van der Waals surface area contributed by atoms with Crippen LogP contribution in [0, 0.1) is 0 Å². The molecular weight excluding hydrogens is 450 g/mol. The molecular formula is C29H35N5O2. The Morgan fingerprint density at radius 3 is 2.42 bits per heavy atom. The van der Waals surface area contributed by atoms with E-state index in [0.29, 0.717) is 29.6 Å². The van der Waals surface area contributed by atoms with E-state index in [2.05, 4.69) is 58.1 Å². The van der Waals surface area contributed by atoms with Crippen molar-refractivity contribution in [2.75, 3.05) is 18.0 Å². The van der Waals surface area contributed by atoms with Crippen molar-refractivity contribution in [1.29, 1.82) is 0 Å². The molecule has 7 nitrogen and oxygen atoms in total. The quantitative estimate of drug-likeness (QED) is 0.455. The number of anilines is 1. The molecule has 1 saturated heterocycles. The Bertz CT molecular complexity index is 1160. The lowest BCUT2D eigenvalue weighted by Gasteiger charge is -2.42. The van der Waals surface area contributed by atoms with Crippen molar-refractivity contribution >= 4 is 17.5 Å². The maximum Gasteiger partial charge on any atom is 0.248 e. The average Bonchev–Trinajstić information content (AvgIpc) is 2.91. The number of primary amides is 2. The fourth-order valence-corrected chi connectivity index (χ4v) is 5.12. The van der Waals surface area contributed by atoms with Crippen LogP contribution in [0.4, 0.5) is 5.69 Å². The Kier molecular flexibility index (Phi) is 8.33. The highest BCUT2D eigenvalue weighted by Crippen LogP contribution is 2.27. The number of hydrogen-bond donors (Lipinski definition) is 2. The van der Waals surface area contributed by atoms with Crippen LogP contribution < -0.4 is 16.4 Å². The van der Waals surface area contributed by atoms with Gasteiger partial charge in [0.05, 0.1) is 0 Å². The molecule has 1 atom stereocenters. The molecule has 2 heterocycles. The van der Waals surface area contributed by atoms with Gasteiger partial charge in [-0.2, -0.15) is 0 Å². The topological polar surface area (TPSA) is 106 Å². The van der Waals surface area contributed by atoms with Gasteiger partial charge < -0.3 is 21.3 Å². The first-order valence-electron chi connectivity index (χ1n) is 12.6. The molecule has 0 saturated carbocycles. The fourth-order valence-electron chi connectivity index (χ4n) is 5.12. The molecule has 3 aromatic rings. The Balaban J connectivity index is 1.39. The number of likely N-dealkylation sites (tertiary alicyclic amines) is 1. The second-order valence-corrected chi connectivity index (χ2v) is 9.58. The summed E-state index contributed by atoms with van der Waals surface area (Å²) in [5.41, 5.74) is 15.1. The number of para-hydroxylation sites is 1. The smallest absolute Gasteiger partial charge is 0.248 e. The van der Waals surface area contributed by atoms with Crippen molar-refractivity contribution < 1.29 is 9.59 Å². The lowest BCUT2D eigenvalue weighted by molar-refractivity contribution is 0.0987. The highest BCUT2D eigenvalue weighted by Gasteiger charge is 2.27. The molecule has 188 valence electrons. The van der Waals surface area contributed by atoms with E-state index in [1.54, 1.807) is 18.2 Å². The van der Waals surface area contributed by atoms with E-state index in [4.69, 9.17) is 11.5 Å². The number of benzene rings is 2. The van der Waals surface area contributed by atoms with Gasteiger partial charge in [0.25, 0.3) is 0 Å². The highest BCUT2D eigenvalue weighted by molar-refractivity contribution is 5.97. The van der Waals surface area contributed by atoms with Gasteiger partial charge in [-0.25, -0.2) is 0 Å². The summed E-state index contributed by atoms with van der Waals surface area (Å²) in [6.45, 7) is 5.08. The third kappa shape index (κ3) is 6.29. The summed E-state index contributed by atoms with van der Waals surface area (Å²) in [6, 6.07) is 20.4. The van der Waals surface area contributed by atoms with Crippen molar-refractivity contribution in [3.8, 4) is 0 Å². The molecule has 7 heteroatoms. The van der Waals surface area contributed by atoms with Gasteiger partial charge in [0.2, 0.25) is 11.8 Å². The Morgan fingerprint density at radius 2 is 1.78 bits per heavy atom. The van der Waals surface area contributed by atoms with Crippen LogP contribution in [-0.2, 0) is 13.0 Å². The molecule has 36 heavy (non-hydrogen) atoms. The standard InChI is InChI=1S/C29H35N5O2/c1-21(9-10-23-18-24(28(30)35)11-12-27(23)29(31)36)33-16-13-26(14-17-33)34(25-7-3-2-4-8-25)20-22-6-5-15-32-19-22/h2-8,11-12,15,18-19,21,26H,9-10,13-14,16-17,20H2,1H3,(H2,30,35)(H2,31,36)/t21-/m1/s1. The zero-order valence-corrected chi connectivity index (χ0v) is 20.8. The van der Waals surface area contributed by atoms with Crippen LogP contribution in [0.3, 0.4) is 0 Å². The highest BCUT2D eigenvalue weighted by atomic mass is 16.1. The maximum atomic E-state index is 11.9. The molecule has 1 aliphatic heterocycles. The van der Waals surface area contributed by atoms with E-state index in [9.17, 15) is 9.59 Å². The third-order valence-electron chi connectivity index (χ3n) is 7.21. The van der Waals surface area contributed by atoms with Gasteiger partial charge in [-0.3, -0.25) is 14.6 Å². The zero-order valence-electron chi connectivity index (χ0n) is 20.8. The number of hydrogen-bond acceptors (Lipinski definition) is 5. The Hall–Kier alpha value is -3.71. The van der Waals surface area contributed by atoms with Crippen molar-refractivity contribution in [2.24, 2.45) is 11.5 Å². The number of aryl methyl sites for hydroxylation is 1. The minimum Gasteiger partial charge on any atom is -0.366 e. The summed E-state index contributed by atoms with van der Waals surface area (Å²) in [6.07, 6.45) is 7.43. The molecule has 2 amide bonds. The minimum absolute atomic E-state index is 0.340. The first-order chi connectivity index (χ1) is 17.4. The number of amides is 2. The number of carbonyl (C=O) groups excluding carboxylic acids is 2. The Labute approximate surface area is 213 Å². The molecule has 1 fully saturated rings. The summed E-state index contributed by atoms with van der Waals surface area (Å²) in [5.74, 6) is -0.985. The predicted octanol–water partition coefficient (Wildman–Crippen LogP) is 3.77. The molecule has 4 rings (SSSR count). The summed E-state index contributed by atoms with van der Waals surface area (Å²) in [4.78, 5) is 32.8.